The molecule has 9 nitrogen and oxygen atoms in total. The highest BCUT2D eigenvalue weighted by Gasteiger charge is 2.44. The molecule has 2 aliphatic heterocycles. The standard InChI is InChI=1S/C16H30B2NO8P/c1-8(2)23-7-12-15(14(20)16(18)26-12)27-28(21,22)19-6-11-10(24-9(3)4)5-13(17)25-11/h8-16,20H,5-7H2,1-4H3,(H2,19,21,22)/p-1/t10-,11-,12-,13-,14?,15+,16-/m1/s1. The van der Waals surface area contributed by atoms with Crippen molar-refractivity contribution in [3.05, 3.63) is 0 Å². The fourth-order valence-corrected chi connectivity index (χ4v) is 4.20. The van der Waals surface area contributed by atoms with Crippen molar-refractivity contribution in [2.45, 2.75) is 88.9 Å². The predicted octanol–water partition coefficient (Wildman–Crippen LogP) is -0.814. The summed E-state index contributed by atoms with van der Waals surface area (Å²) < 4.78 is 39.6. The Morgan fingerprint density at radius 3 is 2.50 bits per heavy atom. The molecule has 2 rings (SSSR count). The zero-order valence-corrected chi connectivity index (χ0v) is 17.6. The minimum atomic E-state index is -4.55. The van der Waals surface area contributed by atoms with Crippen molar-refractivity contribution in [1.82, 2.24) is 5.09 Å². The quantitative estimate of drug-likeness (QED) is 0.348. The van der Waals surface area contributed by atoms with Gasteiger partial charge >= 0.3 is 0 Å². The first-order valence-corrected chi connectivity index (χ1v) is 11.0. The van der Waals surface area contributed by atoms with E-state index in [2.05, 4.69) is 5.09 Å². The number of aliphatic hydroxyl groups excluding tert-OH is 1. The highest BCUT2D eigenvalue weighted by Crippen LogP contribution is 2.39. The van der Waals surface area contributed by atoms with Crippen molar-refractivity contribution in [2.24, 2.45) is 0 Å². The van der Waals surface area contributed by atoms with Crippen molar-refractivity contribution in [3.8, 4) is 0 Å². The Balaban J connectivity index is 1.93. The minimum absolute atomic E-state index is 0.0397. The summed E-state index contributed by atoms with van der Waals surface area (Å²) in [6.45, 7) is 7.36. The molecule has 0 amide bonds. The maximum atomic E-state index is 12.4. The van der Waals surface area contributed by atoms with Gasteiger partial charge in [-0.1, -0.05) is 0 Å². The maximum Gasteiger partial charge on any atom is 0.204 e. The molecule has 2 aliphatic rings. The second-order valence-electron chi connectivity index (χ2n) is 7.61. The van der Waals surface area contributed by atoms with Crippen LogP contribution >= 0.6 is 7.75 Å². The van der Waals surface area contributed by atoms with Crippen LogP contribution in [0.1, 0.15) is 34.1 Å². The molecule has 0 aromatic rings. The van der Waals surface area contributed by atoms with Gasteiger partial charge in [-0.15, -0.1) is 0 Å². The largest absolute Gasteiger partial charge is 0.766 e. The molecule has 28 heavy (non-hydrogen) atoms. The number of nitrogens with one attached hydrogen (secondary N) is 1. The molecule has 2 unspecified atom stereocenters. The predicted molar refractivity (Wildman–Crippen MR) is 101 cm³/mol. The lowest BCUT2D eigenvalue weighted by Gasteiger charge is -2.32. The average molecular weight is 416 g/mol. The molecule has 2 heterocycles. The van der Waals surface area contributed by atoms with E-state index < -0.39 is 44.2 Å². The smallest absolute Gasteiger partial charge is 0.204 e. The lowest BCUT2D eigenvalue weighted by atomic mass is 9.93. The Morgan fingerprint density at radius 1 is 1.21 bits per heavy atom. The Kier molecular flexibility index (Phi) is 9.01. The van der Waals surface area contributed by atoms with Crippen LogP contribution in [-0.2, 0) is 28.0 Å². The third-order valence-electron chi connectivity index (χ3n) is 4.39. The third-order valence-corrected chi connectivity index (χ3v) is 5.48. The first-order valence-electron chi connectivity index (χ1n) is 9.50. The lowest BCUT2D eigenvalue weighted by molar-refractivity contribution is -0.211. The molecule has 158 valence electrons. The molecule has 0 aromatic carbocycles. The fourth-order valence-electron chi connectivity index (χ4n) is 3.14. The van der Waals surface area contributed by atoms with Crippen LogP contribution in [0, 0.1) is 0 Å². The second-order valence-corrected chi connectivity index (χ2v) is 9.14. The molecular weight excluding hydrogens is 387 g/mol. The fraction of sp³-hybridized carbons (Fsp3) is 1.00. The van der Waals surface area contributed by atoms with Gasteiger partial charge in [0.2, 0.25) is 7.75 Å². The van der Waals surface area contributed by atoms with Gasteiger partial charge in [-0.05, 0) is 34.1 Å². The summed E-state index contributed by atoms with van der Waals surface area (Å²) in [4.78, 5) is 12.4. The Hall–Kier alpha value is 0.0399. The number of hydrogen-bond acceptors (Lipinski definition) is 8. The van der Waals surface area contributed by atoms with Crippen molar-refractivity contribution >= 4 is 23.4 Å². The monoisotopic (exact) mass is 416 g/mol. The molecule has 2 fully saturated rings. The lowest BCUT2D eigenvalue weighted by Crippen LogP contribution is -2.42. The molecule has 0 saturated carbocycles. The van der Waals surface area contributed by atoms with Crippen LogP contribution in [0.3, 0.4) is 0 Å². The summed E-state index contributed by atoms with van der Waals surface area (Å²) in [5.74, 6) is 0. The zero-order valence-electron chi connectivity index (χ0n) is 16.7. The van der Waals surface area contributed by atoms with Crippen molar-refractivity contribution < 1.29 is 38.0 Å². The summed E-state index contributed by atoms with van der Waals surface area (Å²) in [6, 6.07) is -1.59. The third kappa shape index (κ3) is 7.07. The maximum absolute atomic E-state index is 12.4. The van der Waals surface area contributed by atoms with Crippen LogP contribution in [0.4, 0.5) is 0 Å². The molecule has 2 saturated heterocycles. The molecular formula is C16H29B2NO8P-. The van der Waals surface area contributed by atoms with E-state index in [1.165, 1.54) is 0 Å². The number of ether oxygens (including phenoxy) is 4. The first kappa shape index (κ1) is 24.3. The van der Waals surface area contributed by atoms with Crippen LogP contribution in [0.15, 0.2) is 0 Å². The summed E-state index contributed by atoms with van der Waals surface area (Å²) in [5.41, 5.74) is 0. The second kappa shape index (κ2) is 10.4. The number of hydrogen-bond donors (Lipinski definition) is 2. The molecule has 0 aliphatic carbocycles. The topological polar surface area (TPSA) is 119 Å². The average Bonchev–Trinajstić information content (AvgIpc) is 3.04. The van der Waals surface area contributed by atoms with E-state index in [4.69, 9.17) is 39.2 Å². The van der Waals surface area contributed by atoms with E-state index in [0.29, 0.717) is 6.42 Å². The van der Waals surface area contributed by atoms with Crippen molar-refractivity contribution in [3.63, 3.8) is 0 Å². The first-order chi connectivity index (χ1) is 13.0. The molecule has 0 bridgehead atoms. The van der Waals surface area contributed by atoms with Gasteiger partial charge in [-0.3, -0.25) is 9.65 Å². The van der Waals surface area contributed by atoms with Crippen LogP contribution in [-0.4, -0.2) is 88.7 Å². The van der Waals surface area contributed by atoms with E-state index in [1.54, 1.807) is 0 Å². The molecule has 2 N–H and O–H groups in total. The van der Waals surface area contributed by atoms with E-state index in [-0.39, 0.29) is 31.5 Å². The van der Waals surface area contributed by atoms with Crippen LogP contribution in [0.25, 0.3) is 0 Å². The van der Waals surface area contributed by atoms with Gasteiger partial charge in [0, 0.05) is 18.6 Å². The van der Waals surface area contributed by atoms with Crippen molar-refractivity contribution in [1.29, 1.82) is 0 Å². The van der Waals surface area contributed by atoms with Crippen molar-refractivity contribution in [2.75, 3.05) is 13.2 Å². The Morgan fingerprint density at radius 2 is 1.89 bits per heavy atom. The van der Waals surface area contributed by atoms with Gasteiger partial charge in [0.25, 0.3) is 0 Å². The molecule has 8 atom stereocenters. The van der Waals surface area contributed by atoms with E-state index in [0.717, 1.165) is 0 Å². The Bertz CT molecular complexity index is 543. The van der Waals surface area contributed by atoms with Crippen LogP contribution < -0.4 is 9.98 Å². The summed E-state index contributed by atoms with van der Waals surface area (Å²) in [6.07, 6.45) is -3.86. The molecule has 0 spiro atoms. The molecule has 12 heteroatoms. The highest BCUT2D eigenvalue weighted by atomic mass is 31.2. The van der Waals surface area contributed by atoms with Gasteiger partial charge in [0.05, 0.1) is 31.0 Å². The number of aliphatic hydroxyl groups is 1. The van der Waals surface area contributed by atoms with Crippen LogP contribution in [0.2, 0.25) is 0 Å². The SMILES string of the molecule is [B][C@@H]1O[C@H](COC(C)C)[C@H](OP(=O)([O-])NC[C@H]2O[C@@H]([B])C[C@H]2OC(C)C)C1O. The normalized spacial score (nSPS) is 38.4. The van der Waals surface area contributed by atoms with Gasteiger partial charge in [-0.25, -0.2) is 0 Å². The molecule has 0 aromatic heterocycles. The Labute approximate surface area is 169 Å². The highest BCUT2D eigenvalue weighted by molar-refractivity contribution is 7.49. The minimum Gasteiger partial charge on any atom is -0.766 e. The number of rotatable bonds is 10. The van der Waals surface area contributed by atoms with Gasteiger partial charge in [0.1, 0.15) is 34.0 Å². The zero-order chi connectivity index (χ0) is 21.1. The van der Waals surface area contributed by atoms with E-state index in [9.17, 15) is 14.6 Å². The van der Waals surface area contributed by atoms with Gasteiger partial charge in [-0.2, -0.15) is 0 Å². The van der Waals surface area contributed by atoms with E-state index >= 15 is 0 Å². The van der Waals surface area contributed by atoms with Gasteiger partial charge < -0.3 is 33.5 Å². The summed E-state index contributed by atoms with van der Waals surface area (Å²) in [5, 5.41) is 12.5. The molecule has 4 radical (unpaired) electrons. The van der Waals surface area contributed by atoms with Gasteiger partial charge in [0.15, 0.2) is 0 Å². The summed E-state index contributed by atoms with van der Waals surface area (Å²) >= 11 is 0. The summed E-state index contributed by atoms with van der Waals surface area (Å²) in [7, 11) is 6.90. The van der Waals surface area contributed by atoms with E-state index in [1.807, 2.05) is 27.7 Å². The van der Waals surface area contributed by atoms with Crippen LogP contribution in [0.5, 0.6) is 0 Å².